The number of aromatic nitrogens is 4. The van der Waals surface area contributed by atoms with E-state index in [1.165, 1.54) is 12.8 Å². The van der Waals surface area contributed by atoms with Crippen LogP contribution in [0.4, 0.5) is 16.3 Å². The molecule has 0 bridgehead atoms. The predicted octanol–water partition coefficient (Wildman–Crippen LogP) is 6.26. The van der Waals surface area contributed by atoms with Gasteiger partial charge < -0.3 is 19.5 Å². The van der Waals surface area contributed by atoms with Crippen LogP contribution in [0, 0.1) is 5.41 Å². The minimum Gasteiger partial charge on any atom is -0.477 e. The lowest BCUT2D eigenvalue weighted by atomic mass is 9.93. The van der Waals surface area contributed by atoms with Gasteiger partial charge in [0.2, 0.25) is 5.88 Å². The molecule has 1 aromatic carbocycles. The van der Waals surface area contributed by atoms with Gasteiger partial charge in [-0.25, -0.2) is 14.8 Å². The molecule has 1 aliphatic rings. The second-order valence-corrected chi connectivity index (χ2v) is 12.8. The summed E-state index contributed by atoms with van der Waals surface area (Å²) < 4.78 is 13.5. The van der Waals surface area contributed by atoms with Crippen molar-refractivity contribution in [2.24, 2.45) is 5.41 Å². The van der Waals surface area contributed by atoms with Gasteiger partial charge in [0, 0.05) is 47.0 Å². The van der Waals surface area contributed by atoms with E-state index in [0.29, 0.717) is 29.8 Å². The Kier molecular flexibility index (Phi) is 6.50. The highest BCUT2D eigenvalue weighted by molar-refractivity contribution is 7.23. The van der Waals surface area contributed by atoms with Crippen LogP contribution in [0.3, 0.4) is 0 Å². The summed E-state index contributed by atoms with van der Waals surface area (Å²) in [5.74, 6) is 1.73. The van der Waals surface area contributed by atoms with E-state index in [4.69, 9.17) is 19.2 Å². The lowest BCUT2D eigenvalue weighted by Gasteiger charge is -2.20. The molecule has 40 heavy (non-hydrogen) atoms. The third kappa shape index (κ3) is 5.52. The maximum Gasteiger partial charge on any atom is 0.324 e. The second-order valence-electron chi connectivity index (χ2n) is 11.9. The maximum absolute atomic E-state index is 12.4. The number of amides is 2. The first-order valence-electron chi connectivity index (χ1n) is 13.3. The molecule has 0 radical (unpaired) electrons. The molecular formula is C29H33N7O3S. The molecule has 0 atom stereocenters. The summed E-state index contributed by atoms with van der Waals surface area (Å²) in [5, 5.41) is 9.45. The Morgan fingerprint density at radius 1 is 1.12 bits per heavy atom. The molecule has 0 unspecified atom stereocenters. The molecule has 208 valence electrons. The molecule has 2 amide bonds. The zero-order chi connectivity index (χ0) is 28.1. The van der Waals surface area contributed by atoms with Gasteiger partial charge in [0.05, 0.1) is 17.8 Å². The van der Waals surface area contributed by atoms with Crippen LogP contribution in [0.25, 0.3) is 26.6 Å². The van der Waals surface area contributed by atoms with Crippen molar-refractivity contribution in [2.45, 2.75) is 39.0 Å². The van der Waals surface area contributed by atoms with Gasteiger partial charge in [-0.2, -0.15) is 0 Å². The molecule has 4 heterocycles. The molecule has 0 aliphatic heterocycles. The number of nitrogens with zero attached hydrogens (tertiary/aromatic N) is 5. The number of hydrogen-bond donors (Lipinski definition) is 2. The van der Waals surface area contributed by atoms with Gasteiger partial charge in [-0.05, 0) is 45.1 Å². The predicted molar refractivity (Wildman–Crippen MR) is 157 cm³/mol. The molecule has 5 aromatic rings. The Morgan fingerprint density at radius 2 is 1.90 bits per heavy atom. The van der Waals surface area contributed by atoms with E-state index in [1.807, 2.05) is 63.4 Å². The number of ether oxygens (including phenoxy) is 1. The Hall–Kier alpha value is -3.96. The van der Waals surface area contributed by atoms with E-state index in [9.17, 15) is 4.79 Å². The summed E-state index contributed by atoms with van der Waals surface area (Å²) in [7, 11) is 4.21. The SMILES string of the molecule is CN(C)CC1(COc2ccc3c(n2)sc2nc(-c4ccc(NC(=O)Nc5cc(C(C)(C)C)on5)cc4)cn23)CC1. The fraction of sp³-hybridized carbons (Fsp3) is 0.379. The van der Waals surface area contributed by atoms with Gasteiger partial charge in [0.25, 0.3) is 0 Å². The number of benzene rings is 1. The van der Waals surface area contributed by atoms with Crippen molar-refractivity contribution in [3.63, 3.8) is 0 Å². The number of anilines is 2. The zero-order valence-corrected chi connectivity index (χ0v) is 24.1. The monoisotopic (exact) mass is 559 g/mol. The van der Waals surface area contributed by atoms with Gasteiger partial charge >= 0.3 is 6.03 Å². The highest BCUT2D eigenvalue weighted by atomic mass is 32.1. The molecule has 6 rings (SSSR count). The Bertz CT molecular complexity index is 1670. The number of hydrogen-bond acceptors (Lipinski definition) is 8. The van der Waals surface area contributed by atoms with E-state index in [0.717, 1.165) is 33.1 Å². The van der Waals surface area contributed by atoms with Gasteiger partial charge in [0.1, 0.15) is 10.6 Å². The van der Waals surface area contributed by atoms with E-state index in [2.05, 4.69) is 39.2 Å². The quantitative estimate of drug-likeness (QED) is 0.231. The van der Waals surface area contributed by atoms with Crippen LogP contribution in [0.1, 0.15) is 39.4 Å². The Labute approximate surface area is 236 Å². The molecule has 1 aliphatic carbocycles. The first kappa shape index (κ1) is 26.3. The van der Waals surface area contributed by atoms with E-state index < -0.39 is 6.03 Å². The van der Waals surface area contributed by atoms with Gasteiger partial charge in [0.15, 0.2) is 10.8 Å². The Balaban J connectivity index is 1.10. The second kappa shape index (κ2) is 9.90. The third-order valence-corrected chi connectivity index (χ3v) is 7.96. The first-order chi connectivity index (χ1) is 19.1. The summed E-state index contributed by atoms with van der Waals surface area (Å²) in [6.45, 7) is 7.79. The highest BCUT2D eigenvalue weighted by Crippen LogP contribution is 2.46. The number of pyridine rings is 1. The first-order valence-corrected chi connectivity index (χ1v) is 14.1. The summed E-state index contributed by atoms with van der Waals surface area (Å²) >= 11 is 1.54. The molecule has 11 heteroatoms. The van der Waals surface area contributed by atoms with Crippen LogP contribution in [0.2, 0.25) is 0 Å². The molecule has 0 spiro atoms. The summed E-state index contributed by atoms with van der Waals surface area (Å²) in [6.07, 6.45) is 4.42. The standard InChI is InChI=1S/C29H33N7O3S/c1-28(2,3)22-14-23(34-39-22)32-26(37)30-19-8-6-18(7-9-19)20-15-36-21-10-11-24(33-25(21)40-27(36)31-20)38-17-29(12-13-29)16-35(4)5/h6-11,14-15H,12-13,16-17H2,1-5H3,(H2,30,32,34,37). The number of thiazole rings is 1. The maximum atomic E-state index is 12.4. The number of carbonyl (C=O) groups is 1. The molecule has 1 saturated carbocycles. The topological polar surface area (TPSA) is 110 Å². The van der Waals surface area contributed by atoms with Crippen LogP contribution >= 0.6 is 11.3 Å². The average Bonchev–Trinajstić information content (AvgIpc) is 3.20. The van der Waals surface area contributed by atoms with Crippen molar-refractivity contribution >= 4 is 44.2 Å². The van der Waals surface area contributed by atoms with Crippen molar-refractivity contribution < 1.29 is 14.1 Å². The van der Waals surface area contributed by atoms with Gasteiger partial charge in [-0.1, -0.05) is 49.4 Å². The molecule has 1 fully saturated rings. The molecule has 4 aromatic heterocycles. The van der Waals surface area contributed by atoms with Crippen molar-refractivity contribution in [1.82, 2.24) is 24.4 Å². The lowest BCUT2D eigenvalue weighted by Crippen LogP contribution is -2.27. The summed E-state index contributed by atoms with van der Waals surface area (Å²) in [4.78, 5) is 26.0. The molecule has 10 nitrogen and oxygen atoms in total. The van der Waals surface area contributed by atoms with Gasteiger partial charge in [-0.3, -0.25) is 9.72 Å². The van der Waals surface area contributed by atoms with Crippen LogP contribution in [-0.4, -0.2) is 57.7 Å². The molecular weight excluding hydrogens is 526 g/mol. The largest absolute Gasteiger partial charge is 0.477 e. The van der Waals surface area contributed by atoms with Crippen LogP contribution in [0.15, 0.2) is 53.2 Å². The number of urea groups is 1. The number of fused-ring (bicyclic) bond motifs is 3. The summed E-state index contributed by atoms with van der Waals surface area (Å²) in [5.41, 5.74) is 3.53. The number of nitrogens with one attached hydrogen (secondary N) is 2. The third-order valence-electron chi connectivity index (χ3n) is 7.00. The van der Waals surface area contributed by atoms with Crippen molar-refractivity contribution in [1.29, 1.82) is 0 Å². The lowest BCUT2D eigenvalue weighted by molar-refractivity contribution is 0.189. The molecule has 0 saturated heterocycles. The van der Waals surface area contributed by atoms with E-state index >= 15 is 0 Å². The van der Waals surface area contributed by atoms with Crippen LogP contribution in [-0.2, 0) is 5.41 Å². The average molecular weight is 560 g/mol. The minimum atomic E-state index is -0.392. The van der Waals surface area contributed by atoms with Crippen molar-refractivity contribution in [3.8, 4) is 17.1 Å². The highest BCUT2D eigenvalue weighted by Gasteiger charge is 2.44. The molecule has 2 N–H and O–H groups in total. The number of rotatable bonds is 8. The summed E-state index contributed by atoms with van der Waals surface area (Å²) in [6, 6.07) is 12.9. The van der Waals surface area contributed by atoms with Crippen molar-refractivity contribution in [3.05, 3.63) is 54.4 Å². The van der Waals surface area contributed by atoms with Crippen LogP contribution in [0.5, 0.6) is 5.88 Å². The normalized spacial score (nSPS) is 14.7. The number of carbonyl (C=O) groups excluding carboxylic acids is 1. The minimum absolute atomic E-state index is 0.188. The van der Waals surface area contributed by atoms with Crippen molar-refractivity contribution in [2.75, 3.05) is 37.9 Å². The fourth-order valence-electron chi connectivity index (χ4n) is 4.70. The van der Waals surface area contributed by atoms with E-state index in [-0.39, 0.29) is 10.8 Å². The smallest absolute Gasteiger partial charge is 0.324 e. The van der Waals surface area contributed by atoms with Gasteiger partial charge in [-0.15, -0.1) is 0 Å². The zero-order valence-electron chi connectivity index (χ0n) is 23.3. The van der Waals surface area contributed by atoms with Crippen LogP contribution < -0.4 is 15.4 Å². The number of imidazole rings is 1. The van der Waals surface area contributed by atoms with E-state index in [1.54, 1.807) is 17.4 Å². The Morgan fingerprint density at radius 3 is 2.58 bits per heavy atom. The fourth-order valence-corrected chi connectivity index (χ4v) is 5.67.